The highest BCUT2D eigenvalue weighted by Gasteiger charge is 2.18. The number of carbonyl (C=O) groups is 2. The molecule has 7 nitrogen and oxygen atoms in total. The maximum Gasteiger partial charge on any atom is 0.340 e. The van der Waals surface area contributed by atoms with Gasteiger partial charge in [-0.25, -0.2) is 14.7 Å². The van der Waals surface area contributed by atoms with Gasteiger partial charge in [-0.2, -0.15) is 0 Å². The van der Waals surface area contributed by atoms with Gasteiger partial charge in [-0.15, -0.1) is 0 Å². The molecule has 1 rings (SSSR count). The molecule has 1 aromatic rings. The molecule has 7 heteroatoms. The molecule has 1 aromatic carbocycles. The Labute approximate surface area is 134 Å². The second kappa shape index (κ2) is 9.04. The molecule has 0 saturated carbocycles. The Kier molecular flexibility index (Phi) is 7.40. The van der Waals surface area contributed by atoms with Crippen LogP contribution in [0.15, 0.2) is 36.4 Å². The van der Waals surface area contributed by atoms with Gasteiger partial charge in [0.05, 0.1) is 12.3 Å². The van der Waals surface area contributed by atoms with E-state index in [0.29, 0.717) is 5.69 Å². The van der Waals surface area contributed by atoms with E-state index in [4.69, 9.17) is 9.94 Å². The summed E-state index contributed by atoms with van der Waals surface area (Å²) in [5.74, 6) is -1.63. The number of ether oxygens (including phenoxy) is 1. The van der Waals surface area contributed by atoms with E-state index >= 15 is 0 Å². The fraction of sp³-hybridized carbons (Fsp3) is 0.375. The smallest absolute Gasteiger partial charge is 0.340 e. The van der Waals surface area contributed by atoms with Gasteiger partial charge in [-0.1, -0.05) is 24.3 Å². The lowest BCUT2D eigenvalue weighted by molar-refractivity contribution is -0.156. The number of hydrogen-bond donors (Lipinski definition) is 2. The van der Waals surface area contributed by atoms with Crippen molar-refractivity contribution in [3.8, 4) is 0 Å². The van der Waals surface area contributed by atoms with Crippen LogP contribution in [0, 0.1) is 6.92 Å². The van der Waals surface area contributed by atoms with E-state index in [2.05, 4.69) is 11.3 Å². The SMILES string of the molecule is C=C(C)C(=O)OC(=O)CN(OCC(O)CO)c1ccc(C)cc1. The molecule has 2 N–H and O–H groups in total. The van der Waals surface area contributed by atoms with E-state index in [1.165, 1.54) is 12.0 Å². The van der Waals surface area contributed by atoms with Crippen molar-refractivity contribution in [3.05, 3.63) is 42.0 Å². The van der Waals surface area contributed by atoms with Crippen molar-refractivity contribution in [1.82, 2.24) is 0 Å². The average molecular weight is 323 g/mol. The van der Waals surface area contributed by atoms with Gasteiger partial charge in [0, 0.05) is 5.57 Å². The van der Waals surface area contributed by atoms with Crippen molar-refractivity contribution >= 4 is 17.6 Å². The fourth-order valence-corrected chi connectivity index (χ4v) is 1.49. The van der Waals surface area contributed by atoms with Gasteiger partial charge in [-0.3, -0.25) is 4.84 Å². The molecule has 0 fully saturated rings. The zero-order valence-corrected chi connectivity index (χ0v) is 13.2. The van der Waals surface area contributed by atoms with Crippen LogP contribution in [0.3, 0.4) is 0 Å². The Morgan fingerprint density at radius 3 is 2.43 bits per heavy atom. The topological polar surface area (TPSA) is 96.3 Å². The van der Waals surface area contributed by atoms with Crippen molar-refractivity contribution < 1.29 is 29.4 Å². The highest BCUT2D eigenvalue weighted by molar-refractivity contribution is 5.96. The summed E-state index contributed by atoms with van der Waals surface area (Å²) in [4.78, 5) is 28.5. The van der Waals surface area contributed by atoms with Gasteiger partial charge in [0.25, 0.3) is 0 Å². The average Bonchev–Trinajstić information content (AvgIpc) is 2.51. The third-order valence-corrected chi connectivity index (χ3v) is 2.78. The third kappa shape index (κ3) is 6.60. The lowest BCUT2D eigenvalue weighted by Gasteiger charge is -2.24. The summed E-state index contributed by atoms with van der Waals surface area (Å²) in [6, 6.07) is 7.07. The van der Waals surface area contributed by atoms with Gasteiger partial charge < -0.3 is 14.9 Å². The minimum absolute atomic E-state index is 0.108. The van der Waals surface area contributed by atoms with Crippen molar-refractivity contribution in [3.63, 3.8) is 0 Å². The van der Waals surface area contributed by atoms with Crippen molar-refractivity contribution in [1.29, 1.82) is 0 Å². The number of anilines is 1. The molecular weight excluding hydrogens is 302 g/mol. The van der Waals surface area contributed by atoms with Crippen LogP contribution in [-0.4, -0.2) is 48.0 Å². The second-order valence-corrected chi connectivity index (χ2v) is 5.05. The zero-order valence-electron chi connectivity index (χ0n) is 13.2. The highest BCUT2D eigenvalue weighted by atomic mass is 16.7. The van der Waals surface area contributed by atoms with Gasteiger partial charge in [0.15, 0.2) is 0 Å². The summed E-state index contributed by atoms with van der Waals surface area (Å²) < 4.78 is 4.61. The van der Waals surface area contributed by atoms with Crippen molar-refractivity contribution in [2.75, 3.05) is 24.8 Å². The summed E-state index contributed by atoms with van der Waals surface area (Å²) in [5.41, 5.74) is 1.67. The molecule has 0 spiro atoms. The van der Waals surface area contributed by atoms with Gasteiger partial charge in [-0.05, 0) is 26.0 Å². The van der Waals surface area contributed by atoms with Crippen LogP contribution in [-0.2, 0) is 19.2 Å². The molecule has 0 heterocycles. The van der Waals surface area contributed by atoms with E-state index in [0.717, 1.165) is 5.56 Å². The first-order valence-corrected chi connectivity index (χ1v) is 7.00. The molecule has 0 aliphatic carbocycles. The zero-order chi connectivity index (χ0) is 17.4. The summed E-state index contributed by atoms with van der Waals surface area (Å²) in [5, 5.41) is 19.4. The molecule has 0 amide bonds. The number of carbonyl (C=O) groups excluding carboxylic acids is 2. The van der Waals surface area contributed by atoms with E-state index in [1.54, 1.807) is 12.1 Å². The van der Waals surface area contributed by atoms with Crippen molar-refractivity contribution in [2.24, 2.45) is 0 Å². The van der Waals surface area contributed by atoms with Crippen LogP contribution >= 0.6 is 0 Å². The predicted octanol–water partition coefficient (Wildman–Crippen LogP) is 0.732. The molecule has 1 atom stereocenters. The number of hydroxylamine groups is 1. The van der Waals surface area contributed by atoms with Crippen LogP contribution in [0.1, 0.15) is 12.5 Å². The normalized spacial score (nSPS) is 11.7. The molecule has 1 unspecified atom stereocenters. The Hall–Kier alpha value is -2.22. The lowest BCUT2D eigenvalue weighted by Crippen LogP contribution is -2.35. The van der Waals surface area contributed by atoms with Crippen molar-refractivity contribution in [2.45, 2.75) is 20.0 Å². The van der Waals surface area contributed by atoms with E-state index in [1.807, 2.05) is 19.1 Å². The van der Waals surface area contributed by atoms with Gasteiger partial charge >= 0.3 is 11.9 Å². The molecule has 0 aliphatic heterocycles. The Morgan fingerprint density at radius 2 is 1.91 bits per heavy atom. The van der Waals surface area contributed by atoms with Crippen LogP contribution in [0.4, 0.5) is 5.69 Å². The van der Waals surface area contributed by atoms with E-state index in [-0.39, 0.29) is 18.7 Å². The molecule has 0 bridgehead atoms. The van der Waals surface area contributed by atoms with E-state index < -0.39 is 24.6 Å². The fourth-order valence-electron chi connectivity index (χ4n) is 1.49. The first kappa shape index (κ1) is 18.8. The Morgan fingerprint density at radius 1 is 1.30 bits per heavy atom. The van der Waals surface area contributed by atoms with Crippen LogP contribution in [0.25, 0.3) is 0 Å². The largest absolute Gasteiger partial charge is 0.394 e. The number of aliphatic hydroxyl groups is 2. The van der Waals surface area contributed by atoms with Crippen LogP contribution < -0.4 is 5.06 Å². The number of esters is 2. The molecule has 0 aromatic heterocycles. The van der Waals surface area contributed by atoms with Gasteiger partial charge in [0.1, 0.15) is 19.3 Å². The van der Waals surface area contributed by atoms with Crippen LogP contribution in [0.2, 0.25) is 0 Å². The van der Waals surface area contributed by atoms with Gasteiger partial charge in [0.2, 0.25) is 0 Å². The molecule has 126 valence electrons. The predicted molar refractivity (Wildman–Crippen MR) is 83.5 cm³/mol. The van der Waals surface area contributed by atoms with Crippen LogP contribution in [0.5, 0.6) is 0 Å². The number of rotatable bonds is 8. The molecule has 0 saturated heterocycles. The molecule has 0 aliphatic rings. The first-order valence-electron chi connectivity index (χ1n) is 7.00. The Balaban J connectivity index is 2.78. The Bertz CT molecular complexity index is 554. The quantitative estimate of drug-likeness (QED) is 0.315. The monoisotopic (exact) mass is 323 g/mol. The van der Waals surface area contributed by atoms with E-state index in [9.17, 15) is 14.7 Å². The molecular formula is C16H21NO6. The maximum atomic E-state index is 11.8. The number of aliphatic hydroxyl groups excluding tert-OH is 2. The third-order valence-electron chi connectivity index (χ3n) is 2.78. The summed E-state index contributed by atoms with van der Waals surface area (Å²) >= 11 is 0. The summed E-state index contributed by atoms with van der Waals surface area (Å²) in [6.07, 6.45) is -1.09. The molecule has 0 radical (unpaired) electrons. The summed E-state index contributed by atoms with van der Waals surface area (Å²) in [7, 11) is 0. The number of hydrogen-bond acceptors (Lipinski definition) is 7. The number of aryl methyl sites for hydroxylation is 1. The maximum absolute atomic E-state index is 11.8. The minimum Gasteiger partial charge on any atom is -0.394 e. The number of nitrogens with zero attached hydrogens (tertiary/aromatic N) is 1. The first-order chi connectivity index (χ1) is 10.8. The number of benzene rings is 1. The standard InChI is InChI=1S/C16H21NO6/c1-11(2)16(21)23-15(20)8-17(22-10-14(19)9-18)13-6-4-12(3)5-7-13/h4-7,14,18-19H,1,8-10H2,2-3H3. The highest BCUT2D eigenvalue weighted by Crippen LogP contribution is 2.16. The summed E-state index contributed by atoms with van der Waals surface area (Å²) in [6.45, 7) is 5.68. The molecule has 23 heavy (non-hydrogen) atoms. The minimum atomic E-state index is -1.09. The second-order valence-electron chi connectivity index (χ2n) is 5.05. The lowest BCUT2D eigenvalue weighted by atomic mass is 10.2.